The van der Waals surface area contributed by atoms with E-state index >= 15 is 0 Å². The number of amides is 1. The molecule has 3 nitrogen and oxygen atoms in total. The van der Waals surface area contributed by atoms with Gasteiger partial charge >= 0.3 is 0 Å². The Morgan fingerprint density at radius 3 is 2.63 bits per heavy atom. The van der Waals surface area contributed by atoms with Gasteiger partial charge < -0.3 is 11.1 Å². The second kappa shape index (κ2) is 7.06. The minimum Gasteiger partial charge on any atom is -0.330 e. The average Bonchev–Trinajstić information content (AvgIpc) is 2.32. The van der Waals surface area contributed by atoms with Crippen molar-refractivity contribution >= 4 is 27.5 Å². The number of rotatable bonds is 6. The molecule has 0 saturated heterocycles. The number of hydrogen-bond donors (Lipinski definition) is 2. The highest BCUT2D eigenvalue weighted by molar-refractivity contribution is 9.10. The summed E-state index contributed by atoms with van der Waals surface area (Å²) >= 11 is 3.46. The smallest absolute Gasteiger partial charge is 0.224 e. The Hall–Kier alpha value is -0.870. The fourth-order valence-electron chi connectivity index (χ4n) is 1.86. The van der Waals surface area contributed by atoms with Crippen LogP contribution in [0.1, 0.15) is 38.7 Å². The second-order valence-corrected chi connectivity index (χ2v) is 6.57. The van der Waals surface area contributed by atoms with Crippen molar-refractivity contribution in [3.63, 3.8) is 0 Å². The fourth-order valence-corrected chi connectivity index (χ4v) is 2.24. The highest BCUT2D eigenvalue weighted by Gasteiger charge is 2.18. The topological polar surface area (TPSA) is 55.1 Å². The Balaban J connectivity index is 2.49. The van der Waals surface area contributed by atoms with E-state index in [0.29, 0.717) is 13.0 Å². The molecule has 3 N–H and O–H groups in total. The first kappa shape index (κ1) is 16.2. The maximum Gasteiger partial charge on any atom is 0.224 e. The summed E-state index contributed by atoms with van der Waals surface area (Å²) in [6, 6.07) is 5.83. The first-order valence-corrected chi connectivity index (χ1v) is 7.39. The van der Waals surface area contributed by atoms with E-state index in [1.165, 1.54) is 0 Å². The molecule has 0 fully saturated rings. The molecular weight excluding hydrogens is 304 g/mol. The van der Waals surface area contributed by atoms with Crippen LogP contribution in [0.15, 0.2) is 22.7 Å². The second-order valence-electron chi connectivity index (χ2n) is 5.72. The number of carbonyl (C=O) groups is 1. The van der Waals surface area contributed by atoms with E-state index in [9.17, 15) is 4.79 Å². The molecule has 1 aromatic carbocycles. The molecule has 106 valence electrons. The molecule has 0 aromatic heterocycles. The predicted molar refractivity (Wildman–Crippen MR) is 84.2 cm³/mol. The lowest BCUT2D eigenvalue weighted by atomic mass is 9.84. The van der Waals surface area contributed by atoms with E-state index in [4.69, 9.17) is 5.73 Å². The van der Waals surface area contributed by atoms with E-state index in [-0.39, 0.29) is 11.3 Å². The summed E-state index contributed by atoms with van der Waals surface area (Å²) in [5.74, 6) is 0.0563. The van der Waals surface area contributed by atoms with Crippen LogP contribution in [0.4, 0.5) is 5.69 Å². The van der Waals surface area contributed by atoms with Crippen LogP contribution in [-0.2, 0) is 4.79 Å². The van der Waals surface area contributed by atoms with Crippen molar-refractivity contribution in [2.75, 3.05) is 11.9 Å². The van der Waals surface area contributed by atoms with Crippen LogP contribution in [0.5, 0.6) is 0 Å². The summed E-state index contributed by atoms with van der Waals surface area (Å²) in [4.78, 5) is 11.9. The van der Waals surface area contributed by atoms with E-state index in [0.717, 1.165) is 28.6 Å². The molecule has 0 spiro atoms. The number of nitrogens with one attached hydrogen (secondary N) is 1. The standard InChI is InChI=1S/C15H23BrN2O/c1-11-4-5-12(10-13(11)16)18-14(19)6-7-15(2,3)8-9-17/h4-5,10H,6-9,17H2,1-3H3,(H,18,19). The fraction of sp³-hybridized carbons (Fsp3) is 0.533. The Morgan fingerprint density at radius 2 is 2.05 bits per heavy atom. The minimum absolute atomic E-state index is 0.0563. The molecule has 0 heterocycles. The highest BCUT2D eigenvalue weighted by atomic mass is 79.9. The van der Waals surface area contributed by atoms with Gasteiger partial charge in [0.25, 0.3) is 0 Å². The third-order valence-electron chi connectivity index (χ3n) is 3.31. The first-order valence-electron chi connectivity index (χ1n) is 6.60. The predicted octanol–water partition coefficient (Wildman–Crippen LogP) is 3.85. The molecule has 0 aliphatic heterocycles. The van der Waals surface area contributed by atoms with Crippen LogP contribution in [0.2, 0.25) is 0 Å². The summed E-state index contributed by atoms with van der Waals surface area (Å²) in [5.41, 5.74) is 7.68. The maximum atomic E-state index is 11.9. The van der Waals surface area contributed by atoms with Gasteiger partial charge in [-0.1, -0.05) is 35.8 Å². The number of nitrogens with two attached hydrogens (primary N) is 1. The van der Waals surface area contributed by atoms with Gasteiger partial charge in [0, 0.05) is 16.6 Å². The molecule has 1 aromatic rings. The van der Waals surface area contributed by atoms with Crippen molar-refractivity contribution in [1.82, 2.24) is 0 Å². The summed E-state index contributed by atoms with van der Waals surface area (Å²) in [7, 11) is 0. The molecule has 0 unspecified atom stereocenters. The van der Waals surface area contributed by atoms with Gasteiger partial charge in [-0.2, -0.15) is 0 Å². The summed E-state index contributed by atoms with van der Waals surface area (Å²) in [6.07, 6.45) is 2.32. The highest BCUT2D eigenvalue weighted by Crippen LogP contribution is 2.26. The van der Waals surface area contributed by atoms with Crippen molar-refractivity contribution in [1.29, 1.82) is 0 Å². The lowest BCUT2D eigenvalue weighted by Gasteiger charge is -2.23. The third-order valence-corrected chi connectivity index (χ3v) is 4.16. The zero-order valence-corrected chi connectivity index (χ0v) is 13.5. The van der Waals surface area contributed by atoms with Gasteiger partial charge in [0.2, 0.25) is 5.91 Å². The molecule has 1 amide bonds. The van der Waals surface area contributed by atoms with Crippen molar-refractivity contribution in [2.24, 2.45) is 11.1 Å². The quantitative estimate of drug-likeness (QED) is 0.834. The molecule has 0 bridgehead atoms. The zero-order valence-electron chi connectivity index (χ0n) is 11.9. The van der Waals surface area contributed by atoms with Crippen molar-refractivity contribution in [3.8, 4) is 0 Å². The number of carbonyl (C=O) groups excluding carboxylic acids is 1. The molecule has 4 heteroatoms. The van der Waals surface area contributed by atoms with Crippen LogP contribution in [-0.4, -0.2) is 12.5 Å². The molecule has 0 saturated carbocycles. The van der Waals surface area contributed by atoms with E-state index < -0.39 is 0 Å². The van der Waals surface area contributed by atoms with E-state index in [1.54, 1.807) is 0 Å². The lowest BCUT2D eigenvalue weighted by Crippen LogP contribution is -2.20. The van der Waals surface area contributed by atoms with Gasteiger partial charge in [0.1, 0.15) is 0 Å². The molecule has 0 atom stereocenters. The summed E-state index contributed by atoms with van der Waals surface area (Å²) in [6.45, 7) is 6.98. The van der Waals surface area contributed by atoms with Crippen LogP contribution in [0, 0.1) is 12.3 Å². The number of halogens is 1. The van der Waals surface area contributed by atoms with Gasteiger partial charge in [-0.15, -0.1) is 0 Å². The Bertz CT molecular complexity index is 444. The number of benzene rings is 1. The molecular formula is C15H23BrN2O. The van der Waals surface area contributed by atoms with Crippen LogP contribution in [0.25, 0.3) is 0 Å². The average molecular weight is 327 g/mol. The molecule has 19 heavy (non-hydrogen) atoms. The minimum atomic E-state index is 0.0563. The monoisotopic (exact) mass is 326 g/mol. The number of aryl methyl sites for hydroxylation is 1. The molecule has 0 aliphatic rings. The van der Waals surface area contributed by atoms with Crippen LogP contribution in [0.3, 0.4) is 0 Å². The molecule has 0 aliphatic carbocycles. The van der Waals surface area contributed by atoms with E-state index in [1.807, 2.05) is 25.1 Å². The third kappa shape index (κ3) is 5.74. The number of anilines is 1. The van der Waals surface area contributed by atoms with Crippen molar-refractivity contribution in [2.45, 2.75) is 40.0 Å². The Morgan fingerprint density at radius 1 is 1.37 bits per heavy atom. The molecule has 1 rings (SSSR count). The van der Waals surface area contributed by atoms with Crippen molar-refractivity contribution < 1.29 is 4.79 Å². The Kier molecular flexibility index (Phi) is 6.01. The van der Waals surface area contributed by atoms with Crippen molar-refractivity contribution in [3.05, 3.63) is 28.2 Å². The van der Waals surface area contributed by atoms with Crippen LogP contribution < -0.4 is 11.1 Å². The Labute approximate surface area is 124 Å². The lowest BCUT2D eigenvalue weighted by molar-refractivity contribution is -0.116. The van der Waals surface area contributed by atoms with Gasteiger partial charge in [-0.3, -0.25) is 4.79 Å². The largest absolute Gasteiger partial charge is 0.330 e. The van der Waals surface area contributed by atoms with Crippen LogP contribution >= 0.6 is 15.9 Å². The normalized spacial score (nSPS) is 11.4. The molecule has 0 radical (unpaired) electrons. The zero-order chi connectivity index (χ0) is 14.5. The SMILES string of the molecule is Cc1ccc(NC(=O)CCC(C)(C)CCN)cc1Br. The van der Waals surface area contributed by atoms with Gasteiger partial charge in [-0.25, -0.2) is 0 Å². The van der Waals surface area contributed by atoms with Gasteiger partial charge in [0.15, 0.2) is 0 Å². The van der Waals surface area contributed by atoms with Gasteiger partial charge in [-0.05, 0) is 49.4 Å². The summed E-state index contributed by atoms with van der Waals surface area (Å²) in [5, 5.41) is 2.92. The summed E-state index contributed by atoms with van der Waals surface area (Å²) < 4.78 is 1.01. The first-order chi connectivity index (χ1) is 8.84. The van der Waals surface area contributed by atoms with Gasteiger partial charge in [0.05, 0.1) is 0 Å². The maximum absolute atomic E-state index is 11.9. The number of hydrogen-bond acceptors (Lipinski definition) is 2. The van der Waals surface area contributed by atoms with E-state index in [2.05, 4.69) is 35.1 Å².